The lowest BCUT2D eigenvalue weighted by Crippen LogP contribution is -2.56. The first-order valence-electron chi connectivity index (χ1n) is 10.1. The van der Waals surface area contributed by atoms with Crippen LogP contribution in [-0.4, -0.2) is 52.0 Å². The van der Waals surface area contributed by atoms with Gasteiger partial charge in [-0.2, -0.15) is 4.68 Å². The van der Waals surface area contributed by atoms with Gasteiger partial charge in [-0.25, -0.2) is 0 Å². The van der Waals surface area contributed by atoms with E-state index in [1.165, 1.54) is 0 Å². The van der Waals surface area contributed by atoms with E-state index in [0.717, 1.165) is 29.4 Å². The molecule has 1 saturated heterocycles. The number of hydrogen-bond acceptors (Lipinski definition) is 7. The lowest BCUT2D eigenvalue weighted by molar-refractivity contribution is -0.180. The van der Waals surface area contributed by atoms with E-state index in [1.807, 2.05) is 30.3 Å². The van der Waals surface area contributed by atoms with Crippen LogP contribution in [0.3, 0.4) is 0 Å². The Morgan fingerprint density at radius 3 is 2.69 bits per heavy atom. The molecule has 2 aromatic rings. The Labute approximate surface area is 177 Å². The van der Waals surface area contributed by atoms with E-state index in [4.69, 9.17) is 9.16 Å². The predicted molar refractivity (Wildman–Crippen MR) is 116 cm³/mol. The fourth-order valence-corrected chi connectivity index (χ4v) is 6.48. The van der Waals surface area contributed by atoms with Gasteiger partial charge in [0.05, 0.1) is 17.7 Å². The molecule has 2 heterocycles. The van der Waals surface area contributed by atoms with Crippen molar-refractivity contribution in [1.82, 2.24) is 20.2 Å². The Bertz CT molecular complexity index is 827. The molecule has 0 radical (unpaired) electrons. The molecule has 0 unspecified atom stereocenters. The third kappa shape index (κ3) is 5.26. The Morgan fingerprint density at radius 1 is 1.31 bits per heavy atom. The zero-order chi connectivity index (χ0) is 21.1. The Balaban J connectivity index is 1.77. The molecule has 1 aliphatic heterocycles. The average Bonchev–Trinajstić information content (AvgIpc) is 3.12. The number of benzene rings is 1. The van der Waals surface area contributed by atoms with Crippen molar-refractivity contribution in [3.05, 3.63) is 30.3 Å². The van der Waals surface area contributed by atoms with E-state index in [0.29, 0.717) is 6.42 Å². The van der Waals surface area contributed by atoms with E-state index < -0.39 is 13.9 Å². The second-order valence-electron chi connectivity index (χ2n) is 8.49. The van der Waals surface area contributed by atoms with Crippen molar-refractivity contribution in [3.63, 3.8) is 0 Å². The topological polar surface area (TPSA) is 79.1 Å². The lowest BCUT2D eigenvalue weighted by atomic mass is 9.77. The van der Waals surface area contributed by atoms with Crippen LogP contribution in [0.5, 0.6) is 0 Å². The summed E-state index contributed by atoms with van der Waals surface area (Å²) in [7, 11) is -1.87. The summed E-state index contributed by atoms with van der Waals surface area (Å²) >= 11 is 1.59. The van der Waals surface area contributed by atoms with Gasteiger partial charge in [-0.05, 0) is 55.0 Å². The first kappa shape index (κ1) is 22.0. The third-order valence-corrected chi connectivity index (χ3v) is 7.16. The number of rotatable bonds is 8. The molecular weight excluding hydrogens is 404 g/mol. The summed E-state index contributed by atoms with van der Waals surface area (Å²) in [6, 6.07) is 9.83. The fraction of sp³-hybridized carbons (Fsp3) is 0.600. The highest BCUT2D eigenvalue weighted by molar-refractivity contribution is 7.99. The van der Waals surface area contributed by atoms with Crippen molar-refractivity contribution in [2.24, 2.45) is 5.92 Å². The first-order chi connectivity index (χ1) is 13.7. The van der Waals surface area contributed by atoms with E-state index in [1.54, 1.807) is 16.4 Å². The highest BCUT2D eigenvalue weighted by Crippen LogP contribution is 2.42. The Morgan fingerprint density at radius 2 is 2.03 bits per heavy atom. The van der Waals surface area contributed by atoms with Gasteiger partial charge >= 0.3 is 5.97 Å². The van der Waals surface area contributed by atoms with Crippen LogP contribution in [0.4, 0.5) is 0 Å². The van der Waals surface area contributed by atoms with Gasteiger partial charge in [0.25, 0.3) is 0 Å². The second kappa shape index (κ2) is 8.97. The van der Waals surface area contributed by atoms with Gasteiger partial charge in [-0.3, -0.25) is 4.79 Å². The Hall–Kier alpha value is -1.71. The number of tetrazole rings is 1. The van der Waals surface area contributed by atoms with E-state index in [9.17, 15) is 4.79 Å². The normalized spacial score (nSPS) is 25.1. The maximum absolute atomic E-state index is 12.4. The molecule has 9 heteroatoms. The zero-order valence-electron chi connectivity index (χ0n) is 17.8. The molecule has 0 amide bonds. The van der Waals surface area contributed by atoms with Crippen molar-refractivity contribution in [2.45, 2.75) is 69.6 Å². The molecule has 158 valence electrons. The number of carbonyl (C=O) groups is 1. The molecule has 1 aliphatic rings. The number of thioether (sulfide) groups is 1. The quantitative estimate of drug-likeness (QED) is 0.352. The highest BCUT2D eigenvalue weighted by Gasteiger charge is 2.49. The van der Waals surface area contributed by atoms with Crippen LogP contribution >= 0.6 is 11.8 Å². The number of aromatic nitrogens is 4. The minimum Gasteiger partial charge on any atom is -0.462 e. The number of ether oxygens (including phenoxy) is 1. The van der Waals surface area contributed by atoms with Gasteiger partial charge in [0, 0.05) is 11.7 Å². The van der Waals surface area contributed by atoms with Gasteiger partial charge in [0.15, 0.2) is 8.32 Å². The number of cyclic esters (lactones) is 1. The molecule has 1 aromatic carbocycles. The smallest absolute Gasteiger partial charge is 0.308 e. The van der Waals surface area contributed by atoms with Crippen LogP contribution < -0.4 is 0 Å². The first-order valence-corrected chi connectivity index (χ1v) is 14.5. The van der Waals surface area contributed by atoms with Crippen LogP contribution in [0.2, 0.25) is 19.6 Å². The van der Waals surface area contributed by atoms with Crippen molar-refractivity contribution >= 4 is 26.0 Å². The van der Waals surface area contributed by atoms with Crippen molar-refractivity contribution in [1.29, 1.82) is 0 Å². The monoisotopic (exact) mass is 434 g/mol. The predicted octanol–water partition coefficient (Wildman–Crippen LogP) is 4.10. The summed E-state index contributed by atoms with van der Waals surface area (Å²) in [6.45, 7) is 10.7. The maximum Gasteiger partial charge on any atom is 0.308 e. The van der Waals surface area contributed by atoms with Gasteiger partial charge in [0.1, 0.15) is 6.10 Å². The summed E-state index contributed by atoms with van der Waals surface area (Å²) in [5.74, 6) is 0.737. The zero-order valence-corrected chi connectivity index (χ0v) is 19.6. The number of hydrogen-bond donors (Lipinski definition) is 0. The minimum absolute atomic E-state index is 0.104. The molecule has 29 heavy (non-hydrogen) atoms. The van der Waals surface area contributed by atoms with E-state index >= 15 is 0 Å². The standard InChI is InChI=1S/C20H30N4O3SSi/c1-6-17-15(2)20(14-18(25)26-17,27-29(3,4)5)12-13-28-19-21-22-23-24(19)16-10-8-7-9-11-16/h7-11,15,17H,6,12-14H2,1-5H3/t15-,17-,20+/m0/s1. The molecule has 3 atom stereocenters. The molecule has 0 spiro atoms. The van der Waals surface area contributed by atoms with Gasteiger partial charge < -0.3 is 9.16 Å². The molecule has 1 aromatic heterocycles. The number of carbonyl (C=O) groups excluding carboxylic acids is 1. The van der Waals surface area contributed by atoms with E-state index in [2.05, 4.69) is 49.0 Å². The maximum atomic E-state index is 12.4. The average molecular weight is 435 g/mol. The van der Waals surface area contributed by atoms with Crippen LogP contribution in [-0.2, 0) is 14.0 Å². The van der Waals surface area contributed by atoms with Crippen LogP contribution in [0.25, 0.3) is 5.69 Å². The van der Waals surface area contributed by atoms with Crippen LogP contribution in [0.1, 0.15) is 33.1 Å². The number of para-hydroxylation sites is 1. The van der Waals surface area contributed by atoms with Gasteiger partial charge in [0.2, 0.25) is 5.16 Å². The number of nitrogens with zero attached hydrogens (tertiary/aromatic N) is 4. The third-order valence-electron chi connectivity index (χ3n) is 5.22. The molecule has 1 fully saturated rings. The molecule has 7 nitrogen and oxygen atoms in total. The Kier molecular flexibility index (Phi) is 6.80. The number of esters is 1. The highest BCUT2D eigenvalue weighted by atomic mass is 32.2. The van der Waals surface area contributed by atoms with Crippen molar-refractivity contribution < 1.29 is 14.0 Å². The summed E-state index contributed by atoms with van der Waals surface area (Å²) in [5.41, 5.74) is 0.423. The largest absolute Gasteiger partial charge is 0.462 e. The lowest BCUT2D eigenvalue weighted by Gasteiger charge is -2.48. The van der Waals surface area contributed by atoms with Crippen LogP contribution in [0.15, 0.2) is 35.5 Å². The molecule has 0 aliphatic carbocycles. The van der Waals surface area contributed by atoms with Crippen molar-refractivity contribution in [2.75, 3.05) is 5.75 Å². The summed E-state index contributed by atoms with van der Waals surface area (Å²) in [5, 5.41) is 12.9. The minimum atomic E-state index is -1.87. The summed E-state index contributed by atoms with van der Waals surface area (Å²) < 4.78 is 14.0. The fourth-order valence-electron chi connectivity index (χ4n) is 3.91. The van der Waals surface area contributed by atoms with Gasteiger partial charge in [-0.1, -0.05) is 43.8 Å². The molecule has 3 rings (SSSR count). The second-order valence-corrected chi connectivity index (χ2v) is 14.0. The molecule has 0 N–H and O–H groups in total. The SMILES string of the molecule is CC[C@@H]1OC(=O)C[C@@](CCSc2nnnn2-c2ccccc2)(O[Si](C)(C)C)[C@H]1C. The summed E-state index contributed by atoms with van der Waals surface area (Å²) in [4.78, 5) is 12.4. The molecular formula is C20H30N4O3SSi. The molecule has 0 saturated carbocycles. The van der Waals surface area contributed by atoms with Crippen molar-refractivity contribution in [3.8, 4) is 5.69 Å². The molecule has 0 bridgehead atoms. The summed E-state index contributed by atoms with van der Waals surface area (Å²) in [6.07, 6.45) is 1.74. The van der Waals surface area contributed by atoms with E-state index in [-0.39, 0.29) is 18.0 Å². The van der Waals surface area contributed by atoms with Gasteiger partial charge in [-0.15, -0.1) is 5.10 Å². The van der Waals surface area contributed by atoms with Crippen LogP contribution in [0, 0.1) is 5.92 Å².